The number of hydrazone groups is 1. The molecule has 33 heavy (non-hydrogen) atoms. The van der Waals surface area contributed by atoms with Gasteiger partial charge in [-0.3, -0.25) is 0 Å². The Labute approximate surface area is 187 Å². The zero-order valence-electron chi connectivity index (χ0n) is 16.7. The second-order valence-electron chi connectivity index (χ2n) is 6.51. The summed E-state index contributed by atoms with van der Waals surface area (Å²) in [5.41, 5.74) is 7.36. The Morgan fingerprint density at radius 1 is 1.18 bits per heavy atom. The third kappa shape index (κ3) is 4.34. The van der Waals surface area contributed by atoms with Crippen molar-refractivity contribution >= 4 is 37.3 Å². The summed E-state index contributed by atoms with van der Waals surface area (Å²) in [6.45, 7) is -0.285. The number of hydrogen-bond donors (Lipinski definition) is 6. The number of amidine groups is 1. The Balaban J connectivity index is 2.54. The van der Waals surface area contributed by atoms with Gasteiger partial charge in [0.1, 0.15) is 4.90 Å². The number of pyridine rings is 1. The number of aromatic carboxylic acids is 1. The Bertz CT molecular complexity index is 1500. The fourth-order valence-corrected chi connectivity index (χ4v) is 5.94. The van der Waals surface area contributed by atoms with Gasteiger partial charge >= 0.3 is 5.97 Å². The van der Waals surface area contributed by atoms with E-state index in [-0.39, 0.29) is 29.0 Å². The SMILES string of the molecule is NCCS(=O)(=O)c1ccc(-c2cccc3nc(C(=O)O)nn23)c(/C(=N/N)NN)c1S(N)(=O)=O. The summed E-state index contributed by atoms with van der Waals surface area (Å²) in [6.07, 6.45) is 0. The molecule has 1 aromatic carbocycles. The Kier molecular flexibility index (Phi) is 6.34. The number of nitrogens with zero attached hydrogens (tertiary/aromatic N) is 4. The molecule has 0 bridgehead atoms. The minimum Gasteiger partial charge on any atom is -0.475 e. The van der Waals surface area contributed by atoms with E-state index in [1.54, 1.807) is 0 Å². The fourth-order valence-electron chi connectivity index (χ4n) is 3.18. The summed E-state index contributed by atoms with van der Waals surface area (Å²) >= 11 is 0. The molecule has 0 atom stereocenters. The first-order chi connectivity index (χ1) is 15.5. The lowest BCUT2D eigenvalue weighted by Crippen LogP contribution is -2.35. The molecule has 0 unspecified atom stereocenters. The van der Waals surface area contributed by atoms with E-state index in [1.165, 1.54) is 24.3 Å². The number of carboxylic acids is 1. The number of carboxylic acid groups (broad SMARTS) is 1. The molecule has 15 nitrogen and oxygen atoms in total. The van der Waals surface area contributed by atoms with Gasteiger partial charge in [-0.05, 0) is 18.2 Å². The van der Waals surface area contributed by atoms with Crippen LogP contribution in [0.1, 0.15) is 16.2 Å². The van der Waals surface area contributed by atoms with Crippen molar-refractivity contribution in [2.75, 3.05) is 12.3 Å². The number of sulfone groups is 1. The van der Waals surface area contributed by atoms with E-state index in [0.29, 0.717) is 0 Å². The average Bonchev–Trinajstić information content (AvgIpc) is 3.18. The molecule has 2 aromatic heterocycles. The van der Waals surface area contributed by atoms with E-state index in [4.69, 9.17) is 22.6 Å². The van der Waals surface area contributed by atoms with Crippen LogP contribution in [0.25, 0.3) is 16.9 Å². The zero-order valence-corrected chi connectivity index (χ0v) is 18.3. The molecule has 0 aliphatic rings. The minimum absolute atomic E-state index is 0.0142. The van der Waals surface area contributed by atoms with E-state index in [9.17, 15) is 26.7 Å². The molecule has 10 N–H and O–H groups in total. The molecule has 0 amide bonds. The first kappa shape index (κ1) is 24.0. The summed E-state index contributed by atoms with van der Waals surface area (Å²) in [6, 6.07) is 6.70. The normalized spacial score (nSPS) is 12.8. The molecule has 0 saturated heterocycles. The molecule has 0 aliphatic carbocycles. The highest BCUT2D eigenvalue weighted by Gasteiger charge is 2.32. The van der Waals surface area contributed by atoms with E-state index in [1.807, 2.05) is 0 Å². The summed E-state index contributed by atoms with van der Waals surface area (Å²) in [5, 5.41) is 21.9. The number of nitrogens with one attached hydrogen (secondary N) is 1. The van der Waals surface area contributed by atoms with E-state index >= 15 is 0 Å². The summed E-state index contributed by atoms with van der Waals surface area (Å²) < 4.78 is 51.9. The molecule has 176 valence electrons. The van der Waals surface area contributed by atoms with Crippen molar-refractivity contribution in [2.24, 2.45) is 27.7 Å². The molecule has 3 aromatic rings. The third-order valence-corrected chi connectivity index (χ3v) is 7.36. The number of hydrazine groups is 1. The maximum Gasteiger partial charge on any atom is 0.375 e. The van der Waals surface area contributed by atoms with Gasteiger partial charge in [-0.15, -0.1) is 5.10 Å². The fraction of sp³-hybridized carbons (Fsp3) is 0.125. The van der Waals surface area contributed by atoms with Crippen LogP contribution in [0.2, 0.25) is 0 Å². The van der Waals surface area contributed by atoms with Gasteiger partial charge in [-0.2, -0.15) is 5.10 Å². The van der Waals surface area contributed by atoms with Crippen LogP contribution >= 0.6 is 0 Å². The molecule has 2 heterocycles. The molecule has 0 spiro atoms. The third-order valence-electron chi connectivity index (χ3n) is 4.46. The maximum atomic E-state index is 12.8. The Morgan fingerprint density at radius 3 is 2.42 bits per heavy atom. The smallest absolute Gasteiger partial charge is 0.375 e. The highest BCUT2D eigenvalue weighted by molar-refractivity contribution is 7.93. The number of rotatable bonds is 7. The first-order valence-electron chi connectivity index (χ1n) is 8.93. The van der Waals surface area contributed by atoms with Crippen LogP contribution in [0, 0.1) is 0 Å². The molecule has 0 fully saturated rings. The van der Waals surface area contributed by atoms with Crippen LogP contribution in [0.5, 0.6) is 0 Å². The van der Waals surface area contributed by atoms with Gasteiger partial charge in [-0.25, -0.2) is 42.1 Å². The highest BCUT2D eigenvalue weighted by Crippen LogP contribution is 2.34. The van der Waals surface area contributed by atoms with Crippen LogP contribution in [0.3, 0.4) is 0 Å². The minimum atomic E-state index is -4.71. The van der Waals surface area contributed by atoms with Crippen LogP contribution < -0.4 is 28.0 Å². The Morgan fingerprint density at radius 2 is 1.88 bits per heavy atom. The van der Waals surface area contributed by atoms with E-state index < -0.39 is 53.0 Å². The number of sulfonamides is 1. The molecule has 3 rings (SSSR count). The van der Waals surface area contributed by atoms with Gasteiger partial charge in [0.05, 0.1) is 21.9 Å². The monoisotopic (exact) mass is 497 g/mol. The van der Waals surface area contributed by atoms with Crippen LogP contribution in [-0.2, 0) is 19.9 Å². The standard InChI is InChI=1S/C16H19N9O6S2/c17-6-7-32(28,29)10-5-4-8(12(14(22-18)23-19)13(10)33(20,30)31)9-2-1-3-11-21-15(16(26)27)24-25(9)11/h1-5H,6-7,17-19H2,(H,22,23)(H,26,27)(H2,20,30,31). The van der Waals surface area contributed by atoms with Crippen LogP contribution in [-0.4, -0.2) is 60.6 Å². The number of nitrogens with two attached hydrogens (primary N) is 4. The van der Waals surface area contributed by atoms with Crippen molar-refractivity contribution in [1.29, 1.82) is 0 Å². The molecular formula is C16H19N9O6S2. The van der Waals surface area contributed by atoms with Gasteiger partial charge in [-0.1, -0.05) is 12.1 Å². The Hall–Kier alpha value is -3.64. The van der Waals surface area contributed by atoms with E-state index in [2.05, 4.69) is 20.6 Å². The quantitative estimate of drug-likeness (QED) is 0.0860. The largest absolute Gasteiger partial charge is 0.475 e. The average molecular weight is 498 g/mol. The summed E-state index contributed by atoms with van der Waals surface area (Å²) in [7, 11) is -8.92. The summed E-state index contributed by atoms with van der Waals surface area (Å²) in [4.78, 5) is 13.7. The molecule has 0 radical (unpaired) electrons. The lowest BCUT2D eigenvalue weighted by molar-refractivity contribution is 0.0684. The number of primary sulfonamides is 1. The van der Waals surface area contributed by atoms with Crippen LogP contribution in [0.15, 0.2) is 45.2 Å². The van der Waals surface area contributed by atoms with Crippen LogP contribution in [0.4, 0.5) is 0 Å². The lowest BCUT2D eigenvalue weighted by atomic mass is 10.0. The van der Waals surface area contributed by atoms with Crippen molar-refractivity contribution in [3.8, 4) is 11.3 Å². The second-order valence-corrected chi connectivity index (χ2v) is 10.1. The number of carbonyl (C=O) groups is 1. The number of fused-ring (bicyclic) bond motifs is 1. The van der Waals surface area contributed by atoms with Gasteiger partial charge in [0, 0.05) is 12.1 Å². The zero-order chi connectivity index (χ0) is 24.6. The predicted molar refractivity (Wildman–Crippen MR) is 116 cm³/mol. The summed E-state index contributed by atoms with van der Waals surface area (Å²) in [5.74, 6) is 7.93. The topological polar surface area (TPSA) is 264 Å². The molecular weight excluding hydrogens is 478 g/mol. The maximum absolute atomic E-state index is 12.8. The van der Waals surface area contributed by atoms with E-state index in [0.717, 1.165) is 10.6 Å². The van der Waals surface area contributed by atoms with Gasteiger partial charge in [0.2, 0.25) is 10.0 Å². The van der Waals surface area contributed by atoms with Crippen molar-refractivity contribution in [2.45, 2.75) is 9.79 Å². The lowest BCUT2D eigenvalue weighted by Gasteiger charge is -2.18. The highest BCUT2D eigenvalue weighted by atomic mass is 32.2. The van der Waals surface area contributed by atoms with Gasteiger partial charge in [0.15, 0.2) is 21.3 Å². The number of hydrogen-bond acceptors (Lipinski definition) is 11. The molecule has 17 heteroatoms. The van der Waals surface area contributed by atoms with Crippen molar-refractivity contribution in [3.63, 3.8) is 0 Å². The number of benzene rings is 1. The van der Waals surface area contributed by atoms with Crippen molar-refractivity contribution < 1.29 is 26.7 Å². The second kappa shape index (κ2) is 8.71. The van der Waals surface area contributed by atoms with Gasteiger partial charge < -0.3 is 22.1 Å². The van der Waals surface area contributed by atoms with Crippen molar-refractivity contribution in [1.82, 2.24) is 20.0 Å². The van der Waals surface area contributed by atoms with Gasteiger partial charge in [0.25, 0.3) is 5.82 Å². The van der Waals surface area contributed by atoms with Crippen molar-refractivity contribution in [3.05, 3.63) is 41.7 Å². The first-order valence-corrected chi connectivity index (χ1v) is 12.1. The number of aromatic nitrogens is 3. The molecule has 0 aliphatic heterocycles. The predicted octanol–water partition coefficient (Wildman–Crippen LogP) is -2.44. The molecule has 0 saturated carbocycles.